The third kappa shape index (κ3) is 3.69. The second-order valence-corrected chi connectivity index (χ2v) is 7.77. The van der Waals surface area contributed by atoms with Crippen LogP contribution in [0, 0.1) is 12.7 Å². The highest BCUT2D eigenvalue weighted by Gasteiger charge is 2.39. The van der Waals surface area contributed by atoms with E-state index in [1.165, 1.54) is 16.4 Å². The van der Waals surface area contributed by atoms with E-state index in [2.05, 4.69) is 10.3 Å². The van der Waals surface area contributed by atoms with Crippen molar-refractivity contribution in [2.75, 3.05) is 11.9 Å². The van der Waals surface area contributed by atoms with Crippen LogP contribution in [-0.4, -0.2) is 36.2 Å². The van der Waals surface area contributed by atoms with Gasteiger partial charge in [0.15, 0.2) is 0 Å². The molecular weight excluding hydrogens is 345 g/mol. The van der Waals surface area contributed by atoms with Crippen molar-refractivity contribution in [1.29, 1.82) is 0 Å². The Morgan fingerprint density at radius 1 is 1.24 bits per heavy atom. The predicted molar refractivity (Wildman–Crippen MR) is 90.9 cm³/mol. The van der Waals surface area contributed by atoms with Crippen LogP contribution in [0.15, 0.2) is 47.4 Å². The molecule has 0 radical (unpaired) electrons. The summed E-state index contributed by atoms with van der Waals surface area (Å²) in [4.78, 5) is 16.7. The second kappa shape index (κ2) is 6.89. The number of aromatic nitrogens is 1. The van der Waals surface area contributed by atoms with Crippen molar-refractivity contribution in [2.45, 2.75) is 30.7 Å². The summed E-state index contributed by atoms with van der Waals surface area (Å²) in [5.41, 5.74) is 0.750. The first-order chi connectivity index (χ1) is 11.9. The lowest BCUT2D eigenvalue weighted by Gasteiger charge is -2.23. The number of nitrogens with one attached hydrogen (secondary N) is 1. The van der Waals surface area contributed by atoms with Gasteiger partial charge in [-0.15, -0.1) is 0 Å². The second-order valence-electron chi connectivity index (χ2n) is 5.88. The molecule has 8 heteroatoms. The van der Waals surface area contributed by atoms with E-state index >= 15 is 0 Å². The zero-order valence-corrected chi connectivity index (χ0v) is 14.5. The highest BCUT2D eigenvalue weighted by Crippen LogP contribution is 2.27. The lowest BCUT2D eigenvalue weighted by molar-refractivity contribution is -0.119. The Labute approximate surface area is 145 Å². The van der Waals surface area contributed by atoms with Crippen LogP contribution in [0.2, 0.25) is 0 Å². The topological polar surface area (TPSA) is 79.4 Å². The van der Waals surface area contributed by atoms with Crippen LogP contribution in [0.5, 0.6) is 0 Å². The Balaban J connectivity index is 1.82. The van der Waals surface area contributed by atoms with Crippen molar-refractivity contribution in [2.24, 2.45) is 0 Å². The van der Waals surface area contributed by atoms with Crippen LogP contribution >= 0.6 is 0 Å². The number of sulfonamides is 1. The lowest BCUT2D eigenvalue weighted by Crippen LogP contribution is -2.43. The maximum Gasteiger partial charge on any atom is 0.243 e. The molecule has 0 aliphatic carbocycles. The first-order valence-electron chi connectivity index (χ1n) is 7.90. The fourth-order valence-electron chi connectivity index (χ4n) is 2.85. The summed E-state index contributed by atoms with van der Waals surface area (Å²) in [5.74, 6) is -0.544. The average molecular weight is 363 g/mol. The van der Waals surface area contributed by atoms with Gasteiger partial charge in [0.1, 0.15) is 17.7 Å². The van der Waals surface area contributed by atoms with E-state index in [-0.39, 0.29) is 11.4 Å². The molecule has 2 aromatic rings. The molecule has 3 rings (SSSR count). The predicted octanol–water partition coefficient (Wildman–Crippen LogP) is 2.32. The quantitative estimate of drug-likeness (QED) is 0.904. The number of rotatable bonds is 4. The fourth-order valence-corrected chi connectivity index (χ4v) is 4.51. The minimum atomic E-state index is -3.86. The van der Waals surface area contributed by atoms with Crippen LogP contribution in [0.3, 0.4) is 0 Å². The number of carbonyl (C=O) groups is 1. The van der Waals surface area contributed by atoms with E-state index in [0.717, 1.165) is 17.8 Å². The van der Waals surface area contributed by atoms with Crippen LogP contribution in [-0.2, 0) is 14.8 Å². The number of hydrogen-bond donors (Lipinski definition) is 1. The lowest BCUT2D eigenvalue weighted by atomic mass is 10.2. The summed E-state index contributed by atoms with van der Waals surface area (Å²) in [5, 5.41) is 2.67. The smallest absolute Gasteiger partial charge is 0.243 e. The van der Waals surface area contributed by atoms with E-state index in [4.69, 9.17) is 0 Å². The molecule has 1 amide bonds. The summed E-state index contributed by atoms with van der Waals surface area (Å²) >= 11 is 0. The van der Waals surface area contributed by atoms with Crippen LogP contribution in [0.4, 0.5) is 10.2 Å². The number of hydrogen-bond acceptors (Lipinski definition) is 4. The number of benzene rings is 1. The van der Waals surface area contributed by atoms with Gasteiger partial charge < -0.3 is 5.32 Å². The number of carbonyl (C=O) groups excluding carboxylic acids is 1. The maximum atomic E-state index is 13.1. The van der Waals surface area contributed by atoms with Gasteiger partial charge >= 0.3 is 0 Å². The Morgan fingerprint density at radius 2 is 1.96 bits per heavy atom. The molecule has 1 aromatic heterocycles. The van der Waals surface area contributed by atoms with Gasteiger partial charge in [0.2, 0.25) is 15.9 Å². The highest BCUT2D eigenvalue weighted by molar-refractivity contribution is 7.89. The molecule has 1 saturated heterocycles. The molecule has 0 spiro atoms. The largest absolute Gasteiger partial charge is 0.309 e. The number of amides is 1. The molecule has 25 heavy (non-hydrogen) atoms. The van der Waals surface area contributed by atoms with Gasteiger partial charge in [-0.05, 0) is 56.2 Å². The van der Waals surface area contributed by atoms with E-state index < -0.39 is 27.8 Å². The van der Waals surface area contributed by atoms with E-state index in [1.54, 1.807) is 25.1 Å². The van der Waals surface area contributed by atoms with Gasteiger partial charge in [-0.3, -0.25) is 4.79 Å². The molecule has 0 saturated carbocycles. The summed E-state index contributed by atoms with van der Waals surface area (Å²) in [6, 6.07) is 9.01. The van der Waals surface area contributed by atoms with Gasteiger partial charge in [-0.1, -0.05) is 6.07 Å². The summed E-state index contributed by atoms with van der Waals surface area (Å²) in [7, 11) is -3.86. The van der Waals surface area contributed by atoms with E-state index in [0.29, 0.717) is 18.7 Å². The molecule has 0 bridgehead atoms. The van der Waals surface area contributed by atoms with Gasteiger partial charge in [-0.25, -0.2) is 17.8 Å². The molecule has 1 atom stereocenters. The average Bonchev–Trinajstić information content (AvgIpc) is 3.06. The molecule has 132 valence electrons. The molecule has 6 nitrogen and oxygen atoms in total. The molecule has 1 aliphatic rings. The number of aryl methyl sites for hydroxylation is 1. The summed E-state index contributed by atoms with van der Waals surface area (Å²) < 4.78 is 39.8. The standard InChI is InChI=1S/C17H18FN3O3S/c1-12-4-2-6-16(19-12)20-17(22)15-5-3-11-21(15)25(23,24)14-9-7-13(18)8-10-14/h2,4,6-10,15H,3,5,11H2,1H3,(H,19,20,22)/t15-/m1/s1. The molecule has 1 fully saturated rings. The monoisotopic (exact) mass is 363 g/mol. The van der Waals surface area contributed by atoms with Gasteiger partial charge in [0.05, 0.1) is 4.90 Å². The molecule has 2 heterocycles. The Morgan fingerprint density at radius 3 is 2.64 bits per heavy atom. The van der Waals surface area contributed by atoms with Crippen molar-refractivity contribution in [3.8, 4) is 0 Å². The van der Waals surface area contributed by atoms with Crippen molar-refractivity contribution in [3.05, 3.63) is 54.0 Å². The zero-order chi connectivity index (χ0) is 18.0. The Bertz CT molecular complexity index is 884. The van der Waals surface area contributed by atoms with Crippen molar-refractivity contribution in [3.63, 3.8) is 0 Å². The van der Waals surface area contributed by atoms with Crippen LogP contribution < -0.4 is 5.32 Å². The van der Waals surface area contributed by atoms with Crippen LogP contribution in [0.1, 0.15) is 18.5 Å². The number of halogens is 1. The van der Waals surface area contributed by atoms with Gasteiger partial charge in [0.25, 0.3) is 0 Å². The van der Waals surface area contributed by atoms with Crippen molar-refractivity contribution < 1.29 is 17.6 Å². The third-order valence-electron chi connectivity index (χ3n) is 4.07. The zero-order valence-electron chi connectivity index (χ0n) is 13.6. The molecule has 0 unspecified atom stereocenters. The third-order valence-corrected chi connectivity index (χ3v) is 5.99. The van der Waals surface area contributed by atoms with Gasteiger partial charge in [-0.2, -0.15) is 4.31 Å². The van der Waals surface area contributed by atoms with Crippen LogP contribution in [0.25, 0.3) is 0 Å². The molecule has 1 aromatic carbocycles. The minimum absolute atomic E-state index is 0.0257. The fraction of sp³-hybridized carbons (Fsp3) is 0.294. The number of nitrogens with zero attached hydrogens (tertiary/aromatic N) is 2. The molecule has 1 aliphatic heterocycles. The van der Waals surface area contributed by atoms with Crippen molar-refractivity contribution >= 4 is 21.7 Å². The molecule has 1 N–H and O–H groups in total. The van der Waals surface area contributed by atoms with Gasteiger partial charge in [0, 0.05) is 12.2 Å². The molecular formula is C17H18FN3O3S. The first kappa shape index (κ1) is 17.5. The SMILES string of the molecule is Cc1cccc(NC(=O)[C@H]2CCCN2S(=O)(=O)c2ccc(F)cc2)n1. The summed E-state index contributed by atoms with van der Waals surface area (Å²) in [6.45, 7) is 2.05. The Kier molecular flexibility index (Phi) is 4.82. The summed E-state index contributed by atoms with van der Waals surface area (Å²) in [6.07, 6.45) is 1.01. The number of pyridine rings is 1. The highest BCUT2D eigenvalue weighted by atomic mass is 32.2. The van der Waals surface area contributed by atoms with E-state index in [1.807, 2.05) is 0 Å². The number of anilines is 1. The maximum absolute atomic E-state index is 13.1. The van der Waals surface area contributed by atoms with E-state index in [9.17, 15) is 17.6 Å². The van der Waals surface area contributed by atoms with Crippen molar-refractivity contribution in [1.82, 2.24) is 9.29 Å². The Hall–Kier alpha value is -2.32. The minimum Gasteiger partial charge on any atom is -0.309 e. The first-order valence-corrected chi connectivity index (χ1v) is 9.34. The normalized spacial score (nSPS) is 18.2.